The van der Waals surface area contributed by atoms with E-state index in [1.54, 1.807) is 64.9 Å². The molecule has 190 valence electrons. The molecule has 0 bridgehead atoms. The van der Waals surface area contributed by atoms with Gasteiger partial charge in [0, 0.05) is 5.41 Å². The normalized spacial score (nSPS) is 15.7. The molecule has 0 aliphatic carbocycles. The summed E-state index contributed by atoms with van der Waals surface area (Å²) < 4.78 is 29.3. The minimum atomic E-state index is -0.574. The second-order valence-corrected chi connectivity index (χ2v) is 8.93. The lowest BCUT2D eigenvalue weighted by molar-refractivity contribution is -0.114. The molecule has 10 heteroatoms. The number of amidine groups is 2. The van der Waals surface area contributed by atoms with Crippen molar-refractivity contribution in [3.63, 3.8) is 0 Å². The molecule has 0 aromatic heterocycles. The first-order valence-electron chi connectivity index (χ1n) is 11.3. The number of amides is 1. The van der Waals surface area contributed by atoms with E-state index in [9.17, 15) is 14.0 Å². The summed E-state index contributed by atoms with van der Waals surface area (Å²) >= 11 is 1.23. The molecule has 0 unspecified atom stereocenters. The van der Waals surface area contributed by atoms with Gasteiger partial charge in [0.1, 0.15) is 17.4 Å². The molecule has 1 N–H and O–H groups in total. The number of nitrogens with zero attached hydrogens (tertiary/aromatic N) is 2. The summed E-state index contributed by atoms with van der Waals surface area (Å²) in [6, 6.07) is 17.1. The molecule has 3 aromatic rings. The number of ether oxygens (including phenoxy) is 3. The molecular weight excluding hydrogens is 509 g/mol. The third-order valence-electron chi connectivity index (χ3n) is 5.78. The van der Waals surface area contributed by atoms with Crippen molar-refractivity contribution in [2.45, 2.75) is 0 Å². The van der Waals surface area contributed by atoms with Gasteiger partial charge in [-0.2, -0.15) is 4.99 Å². The van der Waals surface area contributed by atoms with Crippen LogP contribution in [-0.4, -0.2) is 42.0 Å². The van der Waals surface area contributed by atoms with Crippen molar-refractivity contribution in [2.75, 3.05) is 14.2 Å². The van der Waals surface area contributed by atoms with Gasteiger partial charge in [0.05, 0.1) is 31.1 Å². The number of benzene rings is 3. The predicted molar refractivity (Wildman–Crippen MR) is 143 cm³/mol. The first-order chi connectivity index (χ1) is 18.4. The highest BCUT2D eigenvalue weighted by molar-refractivity contribution is 8.17. The molecule has 0 saturated carbocycles. The van der Waals surface area contributed by atoms with Crippen LogP contribution in [0.2, 0.25) is 0 Å². The molecule has 2 heterocycles. The van der Waals surface area contributed by atoms with Crippen LogP contribution in [-0.2, 0) is 4.79 Å². The summed E-state index contributed by atoms with van der Waals surface area (Å²) in [5.41, 5.74) is 2.33. The molecule has 0 radical (unpaired) electrons. The maximum atomic E-state index is 13.4. The Balaban J connectivity index is 1.33. The van der Waals surface area contributed by atoms with Gasteiger partial charge in [-0.25, -0.2) is 9.18 Å². The minimum absolute atomic E-state index is 0.0375. The fraction of sp³-hybridized carbons (Fsp3) is 0.0714. The second kappa shape index (κ2) is 10.3. The summed E-state index contributed by atoms with van der Waals surface area (Å²) in [7, 11) is 2.98. The largest absolute Gasteiger partial charge is 0.493 e. The quantitative estimate of drug-likeness (QED) is 0.260. The van der Waals surface area contributed by atoms with Crippen LogP contribution in [0.4, 0.5) is 4.39 Å². The highest BCUT2D eigenvalue weighted by atomic mass is 32.2. The van der Waals surface area contributed by atoms with Crippen molar-refractivity contribution < 1.29 is 28.2 Å². The predicted octanol–water partition coefficient (Wildman–Crippen LogP) is 5.37. The number of carbonyl (C=O) groups excluding carboxylic acids is 2. The maximum Gasteiger partial charge on any atom is 0.343 e. The smallest absolute Gasteiger partial charge is 0.343 e. The lowest BCUT2D eigenvalue weighted by atomic mass is 10.1. The molecule has 0 atom stereocenters. The molecule has 0 spiro atoms. The zero-order valence-electron chi connectivity index (χ0n) is 20.2. The van der Waals surface area contributed by atoms with Gasteiger partial charge < -0.3 is 14.2 Å². The molecule has 38 heavy (non-hydrogen) atoms. The molecule has 2 aliphatic rings. The van der Waals surface area contributed by atoms with Crippen LogP contribution in [0.25, 0.3) is 11.8 Å². The highest BCUT2D eigenvalue weighted by Gasteiger charge is 2.36. The number of carbonyl (C=O) groups is 2. The van der Waals surface area contributed by atoms with Crippen LogP contribution in [0.15, 0.2) is 82.7 Å². The van der Waals surface area contributed by atoms with E-state index in [2.05, 4.69) is 4.99 Å². The Labute approximate surface area is 221 Å². The van der Waals surface area contributed by atoms with E-state index >= 15 is 0 Å². The summed E-state index contributed by atoms with van der Waals surface area (Å²) in [6.07, 6.45) is 1.55. The van der Waals surface area contributed by atoms with Crippen LogP contribution in [0.3, 0.4) is 0 Å². The number of nitrogens with one attached hydrogen (secondary N) is 1. The summed E-state index contributed by atoms with van der Waals surface area (Å²) in [5.74, 6) is -0.312. The molecule has 0 saturated heterocycles. The number of aliphatic imine (C=N–C) groups is 1. The minimum Gasteiger partial charge on any atom is -0.493 e. The Bertz CT molecular complexity index is 1550. The fourth-order valence-electron chi connectivity index (χ4n) is 3.85. The molecule has 1 amide bonds. The molecule has 2 aliphatic heterocycles. The molecule has 0 fully saturated rings. The van der Waals surface area contributed by atoms with E-state index in [0.29, 0.717) is 39.2 Å². The Hall–Kier alpha value is -4.70. The van der Waals surface area contributed by atoms with Crippen molar-refractivity contribution in [1.29, 1.82) is 5.41 Å². The SMILES string of the molecule is COc1ccc(C(=O)Oc2ccc(C=C3C(=N)N4C(c5ccc(F)cc5)=CSC4=NC3=O)cc2)cc1OC. The number of methoxy groups -OCH3 is 2. The summed E-state index contributed by atoms with van der Waals surface area (Å²) in [4.78, 5) is 31.0. The first kappa shape index (κ1) is 25.0. The maximum absolute atomic E-state index is 13.4. The van der Waals surface area contributed by atoms with Gasteiger partial charge in [-0.05, 0) is 71.8 Å². The second-order valence-electron chi connectivity index (χ2n) is 8.10. The third-order valence-corrected chi connectivity index (χ3v) is 6.60. The number of esters is 1. The monoisotopic (exact) mass is 529 g/mol. The number of halogens is 1. The van der Waals surface area contributed by atoms with Crippen LogP contribution in [0, 0.1) is 11.2 Å². The van der Waals surface area contributed by atoms with E-state index in [4.69, 9.17) is 19.6 Å². The van der Waals surface area contributed by atoms with Gasteiger partial charge in [-0.15, -0.1) is 0 Å². The molecule has 8 nitrogen and oxygen atoms in total. The number of rotatable bonds is 6. The van der Waals surface area contributed by atoms with Gasteiger partial charge in [-0.3, -0.25) is 15.1 Å². The topological polar surface area (TPSA) is 101 Å². The average Bonchev–Trinajstić information content (AvgIpc) is 3.35. The molecule has 5 rings (SSSR count). The summed E-state index contributed by atoms with van der Waals surface area (Å²) in [6.45, 7) is 0. The van der Waals surface area contributed by atoms with Gasteiger partial charge in [0.25, 0.3) is 5.91 Å². The number of hydrogen-bond donors (Lipinski definition) is 1. The van der Waals surface area contributed by atoms with Gasteiger partial charge in [0.15, 0.2) is 16.7 Å². The van der Waals surface area contributed by atoms with Gasteiger partial charge >= 0.3 is 5.97 Å². The van der Waals surface area contributed by atoms with E-state index in [1.165, 1.54) is 44.2 Å². The number of fused-ring (bicyclic) bond motifs is 1. The van der Waals surface area contributed by atoms with Crippen LogP contribution < -0.4 is 14.2 Å². The van der Waals surface area contributed by atoms with E-state index in [0.717, 1.165) is 0 Å². The lowest BCUT2D eigenvalue weighted by Crippen LogP contribution is -2.38. The standard InChI is InChI=1S/C28H20FN3O5S/c1-35-23-12-7-18(14-24(23)36-2)27(34)37-20-10-3-16(4-11-20)13-21-25(30)32-22(15-38-28(32)31-26(21)33)17-5-8-19(29)9-6-17/h3-15,30H,1-2H3. The van der Waals surface area contributed by atoms with Crippen molar-refractivity contribution in [1.82, 2.24) is 4.90 Å². The van der Waals surface area contributed by atoms with Crippen molar-refractivity contribution >= 4 is 46.4 Å². The lowest BCUT2D eigenvalue weighted by Gasteiger charge is -2.26. The molecule has 3 aromatic carbocycles. The Kier molecular flexibility index (Phi) is 6.80. The number of thioether (sulfide) groups is 1. The Morgan fingerprint density at radius 3 is 2.39 bits per heavy atom. The van der Waals surface area contributed by atoms with Gasteiger partial charge in [-0.1, -0.05) is 23.9 Å². The van der Waals surface area contributed by atoms with Crippen molar-refractivity contribution in [2.24, 2.45) is 4.99 Å². The molecular formula is C28H20FN3O5S. The Morgan fingerprint density at radius 2 is 1.71 bits per heavy atom. The van der Waals surface area contributed by atoms with Crippen LogP contribution in [0.1, 0.15) is 21.5 Å². The fourth-order valence-corrected chi connectivity index (χ4v) is 4.74. The highest BCUT2D eigenvalue weighted by Crippen LogP contribution is 2.37. The van der Waals surface area contributed by atoms with Crippen molar-refractivity contribution in [3.05, 3.63) is 100 Å². The zero-order chi connectivity index (χ0) is 26.8. The first-order valence-corrected chi connectivity index (χ1v) is 12.2. The summed E-state index contributed by atoms with van der Waals surface area (Å²) in [5, 5.41) is 10.9. The van der Waals surface area contributed by atoms with Crippen LogP contribution in [0.5, 0.6) is 17.2 Å². The van der Waals surface area contributed by atoms with Crippen molar-refractivity contribution in [3.8, 4) is 17.2 Å². The van der Waals surface area contributed by atoms with E-state index in [-0.39, 0.29) is 22.8 Å². The van der Waals surface area contributed by atoms with E-state index < -0.39 is 11.9 Å². The van der Waals surface area contributed by atoms with Gasteiger partial charge in [0.2, 0.25) is 0 Å². The average molecular weight is 530 g/mol. The van der Waals surface area contributed by atoms with E-state index in [1.807, 2.05) is 0 Å². The zero-order valence-corrected chi connectivity index (χ0v) is 21.0. The van der Waals surface area contributed by atoms with Crippen LogP contribution >= 0.6 is 11.8 Å². The number of hydrogen-bond acceptors (Lipinski definition) is 7. The third kappa shape index (κ3) is 4.81. The Morgan fingerprint density at radius 1 is 1.00 bits per heavy atom.